The van der Waals surface area contributed by atoms with E-state index in [1.165, 1.54) is 0 Å². The van der Waals surface area contributed by atoms with E-state index in [9.17, 15) is 8.42 Å². The zero-order chi connectivity index (χ0) is 15.6. The zero-order valence-electron chi connectivity index (χ0n) is 12.9. The lowest BCUT2D eigenvalue weighted by molar-refractivity contribution is 0.364. The second kappa shape index (κ2) is 6.66. The van der Waals surface area contributed by atoms with E-state index >= 15 is 0 Å². The van der Waals surface area contributed by atoms with Gasteiger partial charge in [0, 0.05) is 38.1 Å². The Morgan fingerprint density at radius 2 is 1.55 bits per heavy atom. The Bertz CT molecular complexity index is 583. The Balaban J connectivity index is 1.75. The normalized spacial score (nSPS) is 28.6. The van der Waals surface area contributed by atoms with Crippen LogP contribution < -0.4 is 5.73 Å². The van der Waals surface area contributed by atoms with E-state index in [1.54, 1.807) is 8.61 Å². The van der Waals surface area contributed by atoms with E-state index in [0.29, 0.717) is 26.2 Å². The molecule has 2 aliphatic rings. The third kappa shape index (κ3) is 3.20. The van der Waals surface area contributed by atoms with Gasteiger partial charge in [-0.25, -0.2) is 0 Å². The molecule has 0 aromatic heterocycles. The fraction of sp³-hybridized carbons (Fsp3) is 0.625. The van der Waals surface area contributed by atoms with Gasteiger partial charge in [0.25, 0.3) is 10.2 Å². The van der Waals surface area contributed by atoms with Crippen molar-refractivity contribution in [2.45, 2.75) is 37.6 Å². The van der Waals surface area contributed by atoms with Gasteiger partial charge in [-0.05, 0) is 18.4 Å². The Labute approximate surface area is 133 Å². The molecule has 3 rings (SSSR count). The second-order valence-electron chi connectivity index (χ2n) is 6.32. The van der Waals surface area contributed by atoms with Crippen LogP contribution in [0.1, 0.15) is 37.2 Å². The van der Waals surface area contributed by atoms with Gasteiger partial charge in [0.2, 0.25) is 0 Å². The van der Waals surface area contributed by atoms with Crippen molar-refractivity contribution in [3.8, 4) is 0 Å². The highest BCUT2D eigenvalue weighted by molar-refractivity contribution is 7.86. The summed E-state index contributed by atoms with van der Waals surface area (Å²) in [4.78, 5) is 0. The van der Waals surface area contributed by atoms with Crippen LogP contribution in [0.2, 0.25) is 0 Å². The summed E-state index contributed by atoms with van der Waals surface area (Å²) in [5, 5.41) is 0. The molecule has 0 radical (unpaired) electrons. The van der Waals surface area contributed by atoms with E-state index in [-0.39, 0.29) is 12.0 Å². The Hall–Kier alpha value is -0.950. The molecule has 22 heavy (non-hydrogen) atoms. The summed E-state index contributed by atoms with van der Waals surface area (Å²) < 4.78 is 29.0. The molecule has 2 heterocycles. The van der Waals surface area contributed by atoms with Crippen molar-refractivity contribution in [3.05, 3.63) is 35.9 Å². The lowest BCUT2D eigenvalue weighted by atomic mass is 9.95. The number of rotatable bonds is 3. The fourth-order valence-electron chi connectivity index (χ4n) is 3.47. The van der Waals surface area contributed by atoms with Crippen molar-refractivity contribution in [2.75, 3.05) is 26.2 Å². The topological polar surface area (TPSA) is 66.6 Å². The number of nitrogens with two attached hydrogens (primary N) is 1. The van der Waals surface area contributed by atoms with Crippen molar-refractivity contribution in [1.82, 2.24) is 8.61 Å². The number of hydrogen-bond donors (Lipinski definition) is 1. The minimum atomic E-state index is -3.37. The summed E-state index contributed by atoms with van der Waals surface area (Å²) in [5.41, 5.74) is 7.36. The van der Waals surface area contributed by atoms with Crippen LogP contribution in [0.4, 0.5) is 0 Å². The van der Waals surface area contributed by atoms with Crippen LogP contribution in [0.15, 0.2) is 30.3 Å². The lowest BCUT2D eigenvalue weighted by Crippen LogP contribution is -2.44. The van der Waals surface area contributed by atoms with Crippen LogP contribution in [0.3, 0.4) is 0 Å². The van der Waals surface area contributed by atoms with E-state index in [0.717, 1.165) is 31.2 Å². The molecular formula is C16H25N3O2S. The first-order chi connectivity index (χ1) is 10.6. The monoisotopic (exact) mass is 323 g/mol. The van der Waals surface area contributed by atoms with Crippen molar-refractivity contribution in [1.29, 1.82) is 0 Å². The molecule has 0 amide bonds. The summed E-state index contributed by atoms with van der Waals surface area (Å²) >= 11 is 0. The molecule has 2 atom stereocenters. The molecule has 0 bridgehead atoms. The average molecular weight is 323 g/mol. The van der Waals surface area contributed by atoms with Crippen molar-refractivity contribution < 1.29 is 8.42 Å². The predicted octanol–water partition coefficient (Wildman–Crippen LogP) is 1.53. The quantitative estimate of drug-likeness (QED) is 0.917. The third-order valence-electron chi connectivity index (χ3n) is 4.78. The molecule has 6 heteroatoms. The van der Waals surface area contributed by atoms with Crippen molar-refractivity contribution >= 4 is 10.2 Å². The minimum absolute atomic E-state index is 0.0861. The molecule has 122 valence electrons. The number of benzene rings is 1. The third-order valence-corrected chi connectivity index (χ3v) is 6.75. The summed E-state index contributed by atoms with van der Waals surface area (Å²) in [6.07, 6.45) is 4.17. The molecule has 2 N–H and O–H groups in total. The van der Waals surface area contributed by atoms with Gasteiger partial charge in [0.05, 0.1) is 0 Å². The van der Waals surface area contributed by atoms with E-state index in [1.807, 2.05) is 30.3 Å². The van der Waals surface area contributed by atoms with Gasteiger partial charge in [-0.15, -0.1) is 0 Å². The van der Waals surface area contributed by atoms with Crippen molar-refractivity contribution in [3.63, 3.8) is 0 Å². The molecule has 0 spiro atoms. The molecular weight excluding hydrogens is 298 g/mol. The predicted molar refractivity (Wildman–Crippen MR) is 87.7 cm³/mol. The Kier molecular flexibility index (Phi) is 4.82. The highest BCUT2D eigenvalue weighted by atomic mass is 32.2. The number of nitrogens with zero attached hydrogens (tertiary/aromatic N) is 2. The van der Waals surface area contributed by atoms with Gasteiger partial charge >= 0.3 is 0 Å². The molecule has 5 nitrogen and oxygen atoms in total. The summed E-state index contributed by atoms with van der Waals surface area (Å²) in [6, 6.07) is 9.86. The molecule has 2 saturated heterocycles. The standard InChI is InChI=1S/C16H25N3O2S/c17-16-13-19(12-15(16)14-8-4-3-5-9-14)22(20,21)18-10-6-1-2-7-11-18/h3-5,8-9,15-16H,1-2,6-7,10-13,17H2/t15-,16+/m0/s1. The zero-order valence-corrected chi connectivity index (χ0v) is 13.7. The highest BCUT2D eigenvalue weighted by Crippen LogP contribution is 2.29. The molecule has 2 fully saturated rings. The maximum Gasteiger partial charge on any atom is 0.282 e. The van der Waals surface area contributed by atoms with Crippen LogP contribution in [0, 0.1) is 0 Å². The van der Waals surface area contributed by atoms with Gasteiger partial charge in [0.1, 0.15) is 0 Å². The SMILES string of the molecule is N[C@@H]1CN(S(=O)(=O)N2CCCCCC2)C[C@H]1c1ccccc1. The molecule has 0 aliphatic carbocycles. The highest BCUT2D eigenvalue weighted by Gasteiger charge is 2.40. The van der Waals surface area contributed by atoms with Crippen molar-refractivity contribution in [2.24, 2.45) is 5.73 Å². The molecule has 1 aromatic carbocycles. The van der Waals surface area contributed by atoms with Crippen LogP contribution >= 0.6 is 0 Å². The van der Waals surface area contributed by atoms with Crippen LogP contribution in [0.5, 0.6) is 0 Å². The fourth-order valence-corrected chi connectivity index (χ4v) is 5.22. The Morgan fingerprint density at radius 3 is 2.18 bits per heavy atom. The van der Waals surface area contributed by atoms with E-state index in [4.69, 9.17) is 5.73 Å². The molecule has 0 saturated carbocycles. The maximum absolute atomic E-state index is 12.9. The van der Waals surface area contributed by atoms with E-state index < -0.39 is 10.2 Å². The minimum Gasteiger partial charge on any atom is -0.326 e. The van der Waals surface area contributed by atoms with E-state index in [2.05, 4.69) is 0 Å². The van der Waals surface area contributed by atoms with Gasteiger partial charge in [0.15, 0.2) is 0 Å². The van der Waals surface area contributed by atoms with Gasteiger partial charge in [-0.2, -0.15) is 17.0 Å². The van der Waals surface area contributed by atoms with Crippen LogP contribution in [-0.4, -0.2) is 49.2 Å². The van der Waals surface area contributed by atoms with Crippen LogP contribution in [0.25, 0.3) is 0 Å². The first-order valence-electron chi connectivity index (χ1n) is 8.15. The molecule has 1 aromatic rings. The van der Waals surface area contributed by atoms with Gasteiger partial charge in [-0.1, -0.05) is 43.2 Å². The summed E-state index contributed by atoms with van der Waals surface area (Å²) in [7, 11) is -3.37. The smallest absolute Gasteiger partial charge is 0.282 e. The van der Waals surface area contributed by atoms with Crippen LogP contribution in [-0.2, 0) is 10.2 Å². The summed E-state index contributed by atoms with van der Waals surface area (Å²) in [6.45, 7) is 2.19. The first-order valence-corrected chi connectivity index (χ1v) is 9.54. The maximum atomic E-state index is 12.9. The average Bonchev–Trinajstić information content (AvgIpc) is 2.75. The Morgan fingerprint density at radius 1 is 0.909 bits per heavy atom. The lowest BCUT2D eigenvalue weighted by Gasteiger charge is -2.26. The molecule has 2 aliphatic heterocycles. The second-order valence-corrected chi connectivity index (χ2v) is 8.25. The van der Waals surface area contributed by atoms with Gasteiger partial charge < -0.3 is 5.73 Å². The largest absolute Gasteiger partial charge is 0.326 e. The summed E-state index contributed by atoms with van der Waals surface area (Å²) in [5.74, 6) is 0.0861. The van der Waals surface area contributed by atoms with Gasteiger partial charge in [-0.3, -0.25) is 0 Å². The number of hydrogen-bond acceptors (Lipinski definition) is 3. The first kappa shape index (κ1) is 15.9. The molecule has 0 unspecified atom stereocenters.